The van der Waals surface area contributed by atoms with Gasteiger partial charge in [-0.1, -0.05) is 16.8 Å². The second kappa shape index (κ2) is 6.79. The summed E-state index contributed by atoms with van der Waals surface area (Å²) in [4.78, 5) is 35.8. The topological polar surface area (TPSA) is 114 Å². The molecule has 9 nitrogen and oxygen atoms in total. The smallest absolute Gasteiger partial charge is 0.361 e. The average molecular weight is 357 g/mol. The summed E-state index contributed by atoms with van der Waals surface area (Å²) in [6.07, 6.45) is 0. The van der Waals surface area contributed by atoms with Crippen LogP contribution in [0.1, 0.15) is 32.1 Å². The molecular formula is C17H15N3O6. The van der Waals surface area contributed by atoms with Gasteiger partial charge in [0.1, 0.15) is 5.58 Å². The van der Waals surface area contributed by atoms with E-state index in [-0.39, 0.29) is 17.9 Å². The lowest BCUT2D eigenvalue weighted by molar-refractivity contribution is 0.0544. The van der Waals surface area contributed by atoms with Crippen molar-refractivity contribution in [2.24, 2.45) is 0 Å². The SMILES string of the molecule is COC(=O)c1nnn(Cc2cc(=O)oc3ccc(C)cc23)c1C(=O)OC. The summed E-state index contributed by atoms with van der Waals surface area (Å²) in [6, 6.07) is 6.67. The Morgan fingerprint density at radius 3 is 2.58 bits per heavy atom. The number of fused-ring (bicyclic) bond motifs is 1. The van der Waals surface area contributed by atoms with E-state index < -0.39 is 17.6 Å². The van der Waals surface area contributed by atoms with Crippen LogP contribution >= 0.6 is 0 Å². The van der Waals surface area contributed by atoms with Gasteiger partial charge in [-0.2, -0.15) is 0 Å². The fourth-order valence-corrected chi connectivity index (χ4v) is 2.59. The van der Waals surface area contributed by atoms with Crippen molar-refractivity contribution in [1.82, 2.24) is 15.0 Å². The summed E-state index contributed by atoms with van der Waals surface area (Å²) in [5, 5.41) is 8.24. The lowest BCUT2D eigenvalue weighted by Gasteiger charge is -2.08. The number of hydrogen-bond acceptors (Lipinski definition) is 8. The molecule has 0 atom stereocenters. The molecule has 1 aromatic carbocycles. The summed E-state index contributed by atoms with van der Waals surface area (Å²) < 4.78 is 15.7. The van der Waals surface area contributed by atoms with Gasteiger partial charge in [0.05, 0.1) is 20.8 Å². The molecule has 0 unspecified atom stereocenters. The van der Waals surface area contributed by atoms with Crippen LogP contribution in [-0.2, 0) is 16.0 Å². The van der Waals surface area contributed by atoms with E-state index in [1.54, 1.807) is 6.07 Å². The Labute approximate surface area is 147 Å². The predicted molar refractivity (Wildman–Crippen MR) is 89.0 cm³/mol. The van der Waals surface area contributed by atoms with E-state index in [2.05, 4.69) is 15.0 Å². The number of nitrogens with zero attached hydrogens (tertiary/aromatic N) is 3. The number of rotatable bonds is 4. The minimum Gasteiger partial charge on any atom is -0.464 e. The molecule has 2 aromatic heterocycles. The van der Waals surface area contributed by atoms with Crippen LogP contribution in [0.25, 0.3) is 11.0 Å². The van der Waals surface area contributed by atoms with Crippen molar-refractivity contribution in [3.05, 3.63) is 57.2 Å². The zero-order valence-corrected chi connectivity index (χ0v) is 14.3. The van der Waals surface area contributed by atoms with Crippen molar-refractivity contribution >= 4 is 22.9 Å². The van der Waals surface area contributed by atoms with E-state index >= 15 is 0 Å². The molecule has 0 saturated heterocycles. The molecule has 0 bridgehead atoms. The van der Waals surface area contributed by atoms with Gasteiger partial charge in [-0.25, -0.2) is 19.1 Å². The third-order valence-electron chi connectivity index (χ3n) is 3.80. The lowest BCUT2D eigenvalue weighted by Crippen LogP contribution is -2.17. The number of carbonyl (C=O) groups is 2. The maximum Gasteiger partial charge on any atom is 0.361 e. The van der Waals surface area contributed by atoms with Gasteiger partial charge in [0.2, 0.25) is 5.69 Å². The second-order valence-corrected chi connectivity index (χ2v) is 5.52. The van der Waals surface area contributed by atoms with Crippen LogP contribution in [0.15, 0.2) is 33.5 Å². The van der Waals surface area contributed by atoms with Gasteiger partial charge in [0.15, 0.2) is 5.69 Å². The molecular weight excluding hydrogens is 342 g/mol. The first kappa shape index (κ1) is 17.3. The van der Waals surface area contributed by atoms with Gasteiger partial charge in [-0.05, 0) is 24.6 Å². The number of aromatic nitrogens is 3. The quantitative estimate of drug-likeness (QED) is 0.507. The second-order valence-electron chi connectivity index (χ2n) is 5.52. The molecule has 26 heavy (non-hydrogen) atoms. The number of methoxy groups -OCH3 is 2. The van der Waals surface area contributed by atoms with Crippen LogP contribution in [0.3, 0.4) is 0 Å². The molecule has 0 fully saturated rings. The highest BCUT2D eigenvalue weighted by Gasteiger charge is 2.27. The van der Waals surface area contributed by atoms with Crippen LogP contribution in [0.2, 0.25) is 0 Å². The van der Waals surface area contributed by atoms with E-state index in [1.165, 1.54) is 25.0 Å². The summed E-state index contributed by atoms with van der Waals surface area (Å²) in [7, 11) is 2.34. The number of hydrogen-bond donors (Lipinski definition) is 0. The summed E-state index contributed by atoms with van der Waals surface area (Å²) in [6.45, 7) is 1.92. The van der Waals surface area contributed by atoms with Gasteiger partial charge < -0.3 is 13.9 Å². The van der Waals surface area contributed by atoms with Crippen molar-refractivity contribution in [3.8, 4) is 0 Å². The average Bonchev–Trinajstić information content (AvgIpc) is 3.04. The van der Waals surface area contributed by atoms with E-state index in [1.807, 2.05) is 19.1 Å². The fraction of sp³-hybridized carbons (Fsp3) is 0.235. The molecule has 9 heteroatoms. The summed E-state index contributed by atoms with van der Waals surface area (Å²) in [5.74, 6) is -1.61. The number of benzene rings is 1. The lowest BCUT2D eigenvalue weighted by atomic mass is 10.1. The highest BCUT2D eigenvalue weighted by Crippen LogP contribution is 2.20. The first-order valence-electron chi connectivity index (χ1n) is 7.58. The highest BCUT2D eigenvalue weighted by molar-refractivity contribution is 6.00. The molecule has 134 valence electrons. The largest absolute Gasteiger partial charge is 0.464 e. The Hall–Kier alpha value is -3.49. The number of ether oxygens (including phenoxy) is 2. The van der Waals surface area contributed by atoms with Crippen molar-refractivity contribution in [2.75, 3.05) is 14.2 Å². The summed E-state index contributed by atoms with van der Waals surface area (Å²) >= 11 is 0. The monoisotopic (exact) mass is 357 g/mol. The Bertz CT molecular complexity index is 1070. The summed E-state index contributed by atoms with van der Waals surface area (Å²) in [5.41, 5.74) is 0.979. The Balaban J connectivity index is 2.15. The molecule has 0 radical (unpaired) electrons. The Morgan fingerprint density at radius 2 is 1.88 bits per heavy atom. The highest BCUT2D eigenvalue weighted by atomic mass is 16.5. The molecule has 0 aliphatic heterocycles. The van der Waals surface area contributed by atoms with Crippen LogP contribution in [0.4, 0.5) is 0 Å². The number of esters is 2. The van der Waals surface area contributed by atoms with Gasteiger partial charge in [-0.3, -0.25) is 0 Å². The molecule has 0 amide bonds. The first-order chi connectivity index (χ1) is 12.4. The van der Waals surface area contributed by atoms with Crippen LogP contribution in [0.5, 0.6) is 0 Å². The predicted octanol–water partition coefficient (Wildman–Crippen LogP) is 1.31. The standard InChI is InChI=1S/C17H15N3O6/c1-9-4-5-12-11(6-9)10(7-13(21)26-12)8-20-15(17(23)25-3)14(18-19-20)16(22)24-2/h4-7H,8H2,1-3H3. The number of aryl methyl sites for hydroxylation is 1. The van der Waals surface area contributed by atoms with Gasteiger partial charge in [-0.15, -0.1) is 5.10 Å². The Morgan fingerprint density at radius 1 is 1.15 bits per heavy atom. The first-order valence-corrected chi connectivity index (χ1v) is 7.58. The van der Waals surface area contributed by atoms with Crippen LogP contribution < -0.4 is 5.63 Å². The molecule has 0 aliphatic rings. The fourth-order valence-electron chi connectivity index (χ4n) is 2.59. The normalized spacial score (nSPS) is 10.7. The molecule has 0 spiro atoms. The molecule has 3 rings (SSSR count). The molecule has 0 N–H and O–H groups in total. The molecule has 0 saturated carbocycles. The van der Waals surface area contributed by atoms with E-state index in [4.69, 9.17) is 9.15 Å². The maximum absolute atomic E-state index is 12.1. The third-order valence-corrected chi connectivity index (χ3v) is 3.80. The van der Waals surface area contributed by atoms with Crippen molar-refractivity contribution in [3.63, 3.8) is 0 Å². The molecule has 3 aromatic rings. The van der Waals surface area contributed by atoms with Crippen molar-refractivity contribution < 1.29 is 23.5 Å². The van der Waals surface area contributed by atoms with E-state index in [0.29, 0.717) is 16.5 Å². The maximum atomic E-state index is 12.1. The molecule has 2 heterocycles. The Kier molecular flexibility index (Phi) is 4.53. The molecule has 0 aliphatic carbocycles. The zero-order valence-electron chi connectivity index (χ0n) is 14.3. The zero-order chi connectivity index (χ0) is 18.8. The number of carbonyl (C=O) groups excluding carboxylic acids is 2. The van der Waals surface area contributed by atoms with Gasteiger partial charge in [0.25, 0.3) is 0 Å². The van der Waals surface area contributed by atoms with Crippen molar-refractivity contribution in [2.45, 2.75) is 13.5 Å². The minimum absolute atomic E-state index is 0.0139. The van der Waals surface area contributed by atoms with Crippen LogP contribution in [-0.4, -0.2) is 41.2 Å². The minimum atomic E-state index is -0.815. The van der Waals surface area contributed by atoms with E-state index in [9.17, 15) is 14.4 Å². The van der Waals surface area contributed by atoms with Crippen molar-refractivity contribution in [1.29, 1.82) is 0 Å². The van der Waals surface area contributed by atoms with Gasteiger partial charge in [0, 0.05) is 11.5 Å². The van der Waals surface area contributed by atoms with Gasteiger partial charge >= 0.3 is 17.6 Å². The third kappa shape index (κ3) is 3.06. The van der Waals surface area contributed by atoms with E-state index in [0.717, 1.165) is 5.56 Å². The van der Waals surface area contributed by atoms with Crippen LogP contribution in [0, 0.1) is 6.92 Å².